The fraction of sp³-hybridized carbons (Fsp3) is 0.158. The van der Waals surface area contributed by atoms with Crippen molar-refractivity contribution in [3.05, 3.63) is 82.9 Å². The van der Waals surface area contributed by atoms with Crippen LogP contribution in [-0.4, -0.2) is 27.0 Å². The maximum Gasteiger partial charge on any atom is 0.325 e. The van der Waals surface area contributed by atoms with Crippen LogP contribution in [0.1, 0.15) is 11.1 Å². The van der Waals surface area contributed by atoms with Crippen LogP contribution in [0.4, 0.5) is 4.79 Å². The minimum absolute atomic E-state index is 0.0184. The molecule has 2 aliphatic rings. The maximum atomic E-state index is 12.9. The van der Waals surface area contributed by atoms with Crippen molar-refractivity contribution in [2.45, 2.75) is 19.1 Å². The van der Waals surface area contributed by atoms with Crippen LogP contribution in [0.3, 0.4) is 0 Å². The van der Waals surface area contributed by atoms with Crippen LogP contribution in [0.5, 0.6) is 0 Å². The van der Waals surface area contributed by atoms with Crippen LogP contribution in [0.25, 0.3) is 0 Å². The Labute approximate surface area is 144 Å². The number of fused-ring (bicyclic) bond motifs is 1. The summed E-state index contributed by atoms with van der Waals surface area (Å²) in [4.78, 5) is 28.6. The van der Waals surface area contributed by atoms with Crippen molar-refractivity contribution in [1.82, 2.24) is 9.80 Å². The van der Waals surface area contributed by atoms with Gasteiger partial charge in [-0.3, -0.25) is 9.69 Å². The van der Waals surface area contributed by atoms with Gasteiger partial charge in [0.2, 0.25) is 5.12 Å². The standard InChI is InChI=1S/C19H16N2O2S/c22-18-17-16(13-24-18)20(11-14-7-3-1-4-8-14)19(23)21(17)12-15-9-5-2-6-10-15/h1-10,13,17H,11-12H2/t17-/m0/s1. The minimum atomic E-state index is -0.466. The third kappa shape index (κ3) is 2.61. The molecule has 0 radical (unpaired) electrons. The van der Waals surface area contributed by atoms with Crippen molar-refractivity contribution >= 4 is 22.9 Å². The van der Waals surface area contributed by atoms with Gasteiger partial charge in [-0.1, -0.05) is 72.4 Å². The predicted molar refractivity (Wildman–Crippen MR) is 93.8 cm³/mol. The smallest absolute Gasteiger partial charge is 0.303 e. The molecule has 120 valence electrons. The quantitative estimate of drug-likeness (QED) is 0.856. The molecule has 2 aliphatic heterocycles. The first kappa shape index (κ1) is 15.0. The van der Waals surface area contributed by atoms with Crippen molar-refractivity contribution in [2.24, 2.45) is 0 Å². The molecule has 2 aromatic rings. The van der Waals surface area contributed by atoms with Gasteiger partial charge in [0.05, 0.1) is 12.2 Å². The highest BCUT2D eigenvalue weighted by molar-refractivity contribution is 8.16. The second-order valence-corrected chi connectivity index (χ2v) is 6.72. The molecule has 0 N–H and O–H groups in total. The van der Waals surface area contributed by atoms with Crippen molar-refractivity contribution in [1.29, 1.82) is 0 Å². The Morgan fingerprint density at radius 3 is 2.04 bits per heavy atom. The molecule has 0 unspecified atom stereocenters. The Morgan fingerprint density at radius 1 is 0.833 bits per heavy atom. The predicted octanol–water partition coefficient (Wildman–Crippen LogP) is 3.61. The Kier molecular flexibility index (Phi) is 3.86. The summed E-state index contributed by atoms with van der Waals surface area (Å²) in [6, 6.07) is 19.1. The number of nitrogens with zero attached hydrogens (tertiary/aromatic N) is 2. The lowest BCUT2D eigenvalue weighted by atomic mass is 10.1. The largest absolute Gasteiger partial charge is 0.325 e. The van der Waals surface area contributed by atoms with Gasteiger partial charge in [0.1, 0.15) is 6.04 Å². The second kappa shape index (κ2) is 6.17. The van der Waals surface area contributed by atoms with Gasteiger partial charge in [0.25, 0.3) is 0 Å². The van der Waals surface area contributed by atoms with E-state index in [-0.39, 0.29) is 11.1 Å². The summed E-state index contributed by atoms with van der Waals surface area (Å²) in [7, 11) is 0. The summed E-state index contributed by atoms with van der Waals surface area (Å²) in [5.41, 5.74) is 2.88. The lowest BCUT2D eigenvalue weighted by Gasteiger charge is -2.21. The van der Waals surface area contributed by atoms with Gasteiger partial charge in [-0.05, 0) is 11.1 Å². The van der Waals surface area contributed by atoms with E-state index in [4.69, 9.17) is 0 Å². The Morgan fingerprint density at radius 2 is 1.42 bits per heavy atom. The number of thioether (sulfide) groups is 1. The number of hydrogen-bond donors (Lipinski definition) is 0. The van der Waals surface area contributed by atoms with E-state index in [1.54, 1.807) is 9.80 Å². The number of hydrogen-bond acceptors (Lipinski definition) is 3. The third-order valence-electron chi connectivity index (χ3n) is 4.28. The minimum Gasteiger partial charge on any atom is -0.303 e. The molecule has 0 bridgehead atoms. The average Bonchev–Trinajstić information content (AvgIpc) is 3.11. The van der Waals surface area contributed by atoms with Crippen LogP contribution < -0.4 is 0 Å². The zero-order valence-electron chi connectivity index (χ0n) is 13.0. The normalized spacial score (nSPS) is 19.7. The monoisotopic (exact) mass is 336 g/mol. The second-order valence-electron chi connectivity index (χ2n) is 5.85. The van der Waals surface area contributed by atoms with Gasteiger partial charge in [-0.2, -0.15) is 0 Å². The zero-order valence-corrected chi connectivity index (χ0v) is 13.8. The molecule has 2 aromatic carbocycles. The Balaban J connectivity index is 1.62. The third-order valence-corrected chi connectivity index (χ3v) is 5.09. The first-order chi connectivity index (χ1) is 11.7. The van der Waals surface area contributed by atoms with E-state index in [1.807, 2.05) is 66.1 Å². The van der Waals surface area contributed by atoms with Gasteiger partial charge in [0, 0.05) is 12.0 Å². The molecular weight excluding hydrogens is 320 g/mol. The van der Waals surface area contributed by atoms with Gasteiger partial charge in [0.15, 0.2) is 0 Å². The van der Waals surface area contributed by atoms with Crippen molar-refractivity contribution in [2.75, 3.05) is 0 Å². The summed E-state index contributed by atoms with van der Waals surface area (Å²) in [5, 5.41) is 1.84. The number of amides is 2. The van der Waals surface area contributed by atoms with E-state index >= 15 is 0 Å². The maximum absolute atomic E-state index is 12.9. The van der Waals surface area contributed by atoms with E-state index in [9.17, 15) is 9.59 Å². The summed E-state index contributed by atoms with van der Waals surface area (Å²) in [5.74, 6) is 0. The van der Waals surface area contributed by atoms with Gasteiger partial charge >= 0.3 is 6.03 Å². The summed E-state index contributed by atoms with van der Waals surface area (Å²) in [6.45, 7) is 0.931. The number of urea groups is 1. The fourth-order valence-electron chi connectivity index (χ4n) is 3.11. The van der Waals surface area contributed by atoms with Crippen molar-refractivity contribution < 1.29 is 9.59 Å². The average molecular weight is 336 g/mol. The molecule has 2 heterocycles. The summed E-state index contributed by atoms with van der Waals surface area (Å²) >= 11 is 1.18. The fourth-order valence-corrected chi connectivity index (χ4v) is 3.98. The van der Waals surface area contributed by atoms with Gasteiger partial charge in [-0.25, -0.2) is 4.79 Å². The number of rotatable bonds is 4. The van der Waals surface area contributed by atoms with E-state index < -0.39 is 6.04 Å². The molecule has 4 nitrogen and oxygen atoms in total. The van der Waals surface area contributed by atoms with Crippen LogP contribution >= 0.6 is 11.8 Å². The molecule has 4 rings (SSSR count). The first-order valence-corrected chi connectivity index (χ1v) is 8.68. The molecular formula is C19H16N2O2S. The van der Waals surface area contributed by atoms with Gasteiger partial charge in [-0.15, -0.1) is 0 Å². The van der Waals surface area contributed by atoms with Crippen LogP contribution in [0.15, 0.2) is 71.8 Å². The highest BCUT2D eigenvalue weighted by atomic mass is 32.2. The Hall–Kier alpha value is -2.53. The number of carbonyl (C=O) groups is 2. The van der Waals surface area contributed by atoms with Gasteiger partial charge < -0.3 is 4.90 Å². The molecule has 1 atom stereocenters. The Bertz CT molecular complexity index is 805. The molecule has 24 heavy (non-hydrogen) atoms. The van der Waals surface area contributed by atoms with Crippen molar-refractivity contribution in [3.63, 3.8) is 0 Å². The zero-order chi connectivity index (χ0) is 16.5. The molecule has 0 saturated carbocycles. The number of benzene rings is 2. The van der Waals surface area contributed by atoms with Crippen LogP contribution in [-0.2, 0) is 17.9 Å². The molecule has 0 spiro atoms. The lowest BCUT2D eigenvalue weighted by molar-refractivity contribution is -0.113. The number of carbonyl (C=O) groups excluding carboxylic acids is 2. The highest BCUT2D eigenvalue weighted by Crippen LogP contribution is 2.38. The molecule has 0 aromatic heterocycles. The van der Waals surface area contributed by atoms with E-state index in [2.05, 4.69) is 0 Å². The molecule has 5 heteroatoms. The molecule has 1 saturated heterocycles. The van der Waals surface area contributed by atoms with Crippen LogP contribution in [0, 0.1) is 0 Å². The van der Waals surface area contributed by atoms with E-state index in [1.165, 1.54) is 11.8 Å². The molecule has 1 fully saturated rings. The van der Waals surface area contributed by atoms with Crippen LogP contribution in [0.2, 0.25) is 0 Å². The molecule has 0 aliphatic carbocycles. The molecule has 2 amide bonds. The summed E-state index contributed by atoms with van der Waals surface area (Å²) < 4.78 is 0. The highest BCUT2D eigenvalue weighted by Gasteiger charge is 2.48. The van der Waals surface area contributed by atoms with E-state index in [0.717, 1.165) is 16.8 Å². The first-order valence-electron chi connectivity index (χ1n) is 7.80. The topological polar surface area (TPSA) is 40.6 Å². The lowest BCUT2D eigenvalue weighted by Crippen LogP contribution is -2.37. The summed E-state index contributed by atoms with van der Waals surface area (Å²) in [6.07, 6.45) is 0. The van der Waals surface area contributed by atoms with Crippen molar-refractivity contribution in [3.8, 4) is 0 Å². The van der Waals surface area contributed by atoms with E-state index in [0.29, 0.717) is 13.1 Å². The SMILES string of the molecule is O=C1SC=C2[C@@H]1N(Cc1ccccc1)C(=O)N2Cc1ccccc1.